The van der Waals surface area contributed by atoms with Crippen molar-refractivity contribution in [2.24, 2.45) is 5.41 Å². The summed E-state index contributed by atoms with van der Waals surface area (Å²) in [6, 6.07) is 6.53. The van der Waals surface area contributed by atoms with Gasteiger partial charge in [0.1, 0.15) is 22.7 Å². The highest BCUT2D eigenvalue weighted by atomic mass is 16.5. The second-order valence-electron chi connectivity index (χ2n) is 5.92. The van der Waals surface area contributed by atoms with Gasteiger partial charge in [-0.2, -0.15) is 0 Å². The number of nitrogens with zero attached hydrogens (tertiary/aromatic N) is 1. The second kappa shape index (κ2) is 7.25. The molecule has 0 aliphatic rings. The predicted molar refractivity (Wildman–Crippen MR) is 91.8 cm³/mol. The van der Waals surface area contributed by atoms with Crippen LogP contribution in [0.5, 0.6) is 11.5 Å². The molecule has 25 heavy (non-hydrogen) atoms. The van der Waals surface area contributed by atoms with Gasteiger partial charge in [-0.05, 0) is 32.9 Å². The Morgan fingerprint density at radius 2 is 1.76 bits per heavy atom. The van der Waals surface area contributed by atoms with Crippen LogP contribution in [0.3, 0.4) is 0 Å². The number of anilines is 2. The summed E-state index contributed by atoms with van der Waals surface area (Å²) >= 11 is 0. The number of hydrogen-bond donors (Lipinski definition) is 2. The summed E-state index contributed by atoms with van der Waals surface area (Å²) in [5, 5.41) is 8.95. The van der Waals surface area contributed by atoms with E-state index in [2.05, 4.69) is 15.8 Å². The molecule has 1 aromatic heterocycles. The van der Waals surface area contributed by atoms with Gasteiger partial charge in [-0.15, -0.1) is 0 Å². The van der Waals surface area contributed by atoms with E-state index < -0.39 is 17.2 Å². The highest BCUT2D eigenvalue weighted by Gasteiger charge is 2.37. The minimum atomic E-state index is -1.35. The first kappa shape index (κ1) is 18.3. The summed E-state index contributed by atoms with van der Waals surface area (Å²) in [5.74, 6) is 0.828. The summed E-state index contributed by atoms with van der Waals surface area (Å²) in [5.41, 5.74) is -0.913. The van der Waals surface area contributed by atoms with Gasteiger partial charge in [-0.25, -0.2) is 0 Å². The van der Waals surface area contributed by atoms with E-state index >= 15 is 0 Å². The normalized spacial score (nSPS) is 10.9. The van der Waals surface area contributed by atoms with E-state index in [-0.39, 0.29) is 5.82 Å². The number of aromatic nitrogens is 1. The Balaban J connectivity index is 2.14. The smallest absolute Gasteiger partial charge is 0.240 e. The standard InChI is InChI=1S/C17H21N3O5/c1-10-8-14(20-25-10)19-16(22)17(2,3)15(21)18-12-7-6-11(23-4)9-13(12)24-5/h6-9H,1-5H3,(H,18,21)(H,19,20,22). The van der Waals surface area contributed by atoms with Crippen LogP contribution in [-0.4, -0.2) is 31.2 Å². The zero-order chi connectivity index (χ0) is 18.6. The molecule has 0 fully saturated rings. The Morgan fingerprint density at radius 3 is 2.32 bits per heavy atom. The molecule has 0 radical (unpaired) electrons. The van der Waals surface area contributed by atoms with E-state index in [1.165, 1.54) is 28.1 Å². The Kier molecular flexibility index (Phi) is 5.31. The Labute approximate surface area is 145 Å². The predicted octanol–water partition coefficient (Wildman–Crippen LogP) is 2.60. The van der Waals surface area contributed by atoms with Crippen molar-refractivity contribution in [2.45, 2.75) is 20.8 Å². The molecule has 0 atom stereocenters. The minimum absolute atomic E-state index is 0.255. The number of benzene rings is 1. The Bertz CT molecular complexity index is 782. The molecule has 2 N–H and O–H groups in total. The van der Waals surface area contributed by atoms with Crippen molar-refractivity contribution in [1.82, 2.24) is 5.16 Å². The van der Waals surface area contributed by atoms with Gasteiger partial charge >= 0.3 is 0 Å². The van der Waals surface area contributed by atoms with Crippen LogP contribution in [0.2, 0.25) is 0 Å². The largest absolute Gasteiger partial charge is 0.497 e. The quantitative estimate of drug-likeness (QED) is 0.779. The highest BCUT2D eigenvalue weighted by molar-refractivity contribution is 6.14. The molecule has 0 saturated heterocycles. The maximum absolute atomic E-state index is 12.6. The number of methoxy groups -OCH3 is 2. The van der Waals surface area contributed by atoms with Gasteiger partial charge < -0.3 is 24.6 Å². The zero-order valence-electron chi connectivity index (χ0n) is 14.8. The van der Waals surface area contributed by atoms with E-state index in [0.29, 0.717) is 22.9 Å². The molecular weight excluding hydrogens is 326 g/mol. The van der Waals surface area contributed by atoms with Crippen LogP contribution in [0.25, 0.3) is 0 Å². The van der Waals surface area contributed by atoms with Crippen molar-refractivity contribution in [3.05, 3.63) is 30.0 Å². The summed E-state index contributed by atoms with van der Waals surface area (Å²) < 4.78 is 15.3. The number of hydrogen-bond acceptors (Lipinski definition) is 6. The lowest BCUT2D eigenvalue weighted by Crippen LogP contribution is -2.41. The molecule has 0 aliphatic heterocycles. The fourth-order valence-electron chi connectivity index (χ4n) is 1.98. The van der Waals surface area contributed by atoms with Crippen molar-refractivity contribution in [3.63, 3.8) is 0 Å². The van der Waals surface area contributed by atoms with E-state index in [4.69, 9.17) is 14.0 Å². The summed E-state index contributed by atoms with van der Waals surface area (Å²) in [6.07, 6.45) is 0. The van der Waals surface area contributed by atoms with E-state index in [1.807, 2.05) is 0 Å². The van der Waals surface area contributed by atoms with Crippen molar-refractivity contribution in [1.29, 1.82) is 0 Å². The van der Waals surface area contributed by atoms with Crippen LogP contribution in [0.1, 0.15) is 19.6 Å². The topological polar surface area (TPSA) is 103 Å². The molecule has 0 spiro atoms. The summed E-state index contributed by atoms with van der Waals surface area (Å²) in [6.45, 7) is 4.73. The fraction of sp³-hybridized carbons (Fsp3) is 0.353. The van der Waals surface area contributed by atoms with E-state index in [0.717, 1.165) is 0 Å². The van der Waals surface area contributed by atoms with Crippen LogP contribution < -0.4 is 20.1 Å². The van der Waals surface area contributed by atoms with Crippen LogP contribution in [0.15, 0.2) is 28.8 Å². The average molecular weight is 347 g/mol. The maximum Gasteiger partial charge on any atom is 0.240 e. The molecule has 134 valence electrons. The summed E-state index contributed by atoms with van der Waals surface area (Å²) in [4.78, 5) is 25.0. The van der Waals surface area contributed by atoms with Crippen LogP contribution >= 0.6 is 0 Å². The van der Waals surface area contributed by atoms with E-state index in [9.17, 15) is 9.59 Å². The fourth-order valence-corrected chi connectivity index (χ4v) is 1.98. The molecule has 2 amide bonds. The van der Waals surface area contributed by atoms with Gasteiger partial charge in [-0.1, -0.05) is 5.16 Å². The zero-order valence-corrected chi connectivity index (χ0v) is 14.8. The molecule has 1 heterocycles. The second-order valence-corrected chi connectivity index (χ2v) is 5.92. The third kappa shape index (κ3) is 4.09. The SMILES string of the molecule is COc1ccc(NC(=O)C(C)(C)C(=O)Nc2cc(C)on2)c(OC)c1. The minimum Gasteiger partial charge on any atom is -0.497 e. The number of nitrogens with one attached hydrogen (secondary N) is 2. The van der Waals surface area contributed by atoms with Gasteiger partial charge in [0.2, 0.25) is 11.8 Å². The third-order valence-corrected chi connectivity index (χ3v) is 3.66. The lowest BCUT2D eigenvalue weighted by molar-refractivity contribution is -0.135. The lowest BCUT2D eigenvalue weighted by Gasteiger charge is -2.22. The van der Waals surface area contributed by atoms with Gasteiger partial charge in [0.25, 0.3) is 0 Å². The first-order valence-corrected chi connectivity index (χ1v) is 7.56. The van der Waals surface area contributed by atoms with Crippen molar-refractivity contribution in [3.8, 4) is 11.5 Å². The van der Waals surface area contributed by atoms with Crippen LogP contribution in [-0.2, 0) is 9.59 Å². The number of aryl methyl sites for hydroxylation is 1. The number of amides is 2. The van der Waals surface area contributed by atoms with Gasteiger partial charge in [0, 0.05) is 12.1 Å². The molecule has 0 bridgehead atoms. The van der Waals surface area contributed by atoms with Crippen molar-refractivity contribution >= 4 is 23.3 Å². The molecule has 8 heteroatoms. The lowest BCUT2D eigenvalue weighted by atomic mass is 9.91. The molecular formula is C17H21N3O5. The first-order valence-electron chi connectivity index (χ1n) is 7.56. The molecule has 0 aliphatic carbocycles. The first-order chi connectivity index (χ1) is 11.8. The van der Waals surface area contributed by atoms with Crippen molar-refractivity contribution in [2.75, 3.05) is 24.9 Å². The molecule has 0 saturated carbocycles. The monoisotopic (exact) mass is 347 g/mol. The third-order valence-electron chi connectivity index (χ3n) is 3.66. The van der Waals surface area contributed by atoms with E-state index in [1.54, 1.807) is 31.2 Å². The molecule has 8 nitrogen and oxygen atoms in total. The Hall–Kier alpha value is -3.03. The highest BCUT2D eigenvalue weighted by Crippen LogP contribution is 2.31. The molecule has 0 unspecified atom stereocenters. The summed E-state index contributed by atoms with van der Waals surface area (Å²) in [7, 11) is 3.02. The number of ether oxygens (including phenoxy) is 2. The molecule has 1 aromatic carbocycles. The molecule has 2 aromatic rings. The number of rotatable bonds is 6. The Morgan fingerprint density at radius 1 is 1.08 bits per heavy atom. The van der Waals surface area contributed by atoms with Gasteiger partial charge in [0.15, 0.2) is 5.82 Å². The number of carbonyl (C=O) groups excluding carboxylic acids is 2. The van der Waals surface area contributed by atoms with Crippen LogP contribution in [0.4, 0.5) is 11.5 Å². The maximum atomic E-state index is 12.6. The van der Waals surface area contributed by atoms with Crippen LogP contribution in [0, 0.1) is 12.3 Å². The molecule has 2 rings (SSSR count). The van der Waals surface area contributed by atoms with Gasteiger partial charge in [-0.3, -0.25) is 9.59 Å². The number of carbonyl (C=O) groups is 2. The van der Waals surface area contributed by atoms with Crippen molar-refractivity contribution < 1.29 is 23.6 Å². The average Bonchev–Trinajstić information content (AvgIpc) is 2.99. The van der Waals surface area contributed by atoms with Gasteiger partial charge in [0.05, 0.1) is 19.9 Å².